The van der Waals surface area contributed by atoms with Gasteiger partial charge in [0.2, 0.25) is 5.95 Å². The molecule has 1 aromatic carbocycles. The van der Waals surface area contributed by atoms with Crippen LogP contribution in [0.25, 0.3) is 0 Å². The van der Waals surface area contributed by atoms with Gasteiger partial charge in [-0.15, -0.1) is 24.0 Å². The van der Waals surface area contributed by atoms with Gasteiger partial charge in [-0.05, 0) is 18.1 Å². The zero-order valence-corrected chi connectivity index (χ0v) is 18.3. The van der Waals surface area contributed by atoms with E-state index in [-0.39, 0.29) is 29.9 Å². The van der Waals surface area contributed by atoms with Gasteiger partial charge in [-0.2, -0.15) is 13.2 Å². The second-order valence-corrected chi connectivity index (χ2v) is 6.51. The normalized spacial score (nSPS) is 17.0. The molecule has 0 amide bonds. The number of halogens is 4. The molecule has 6 nitrogen and oxygen atoms in total. The molecule has 1 atom stereocenters. The van der Waals surface area contributed by atoms with E-state index in [1.807, 2.05) is 18.2 Å². The maximum absolute atomic E-state index is 12.7. The van der Waals surface area contributed by atoms with Crippen LogP contribution < -0.4 is 10.6 Å². The molecule has 1 aliphatic heterocycles. The summed E-state index contributed by atoms with van der Waals surface area (Å²) >= 11 is 0. The van der Waals surface area contributed by atoms with Crippen molar-refractivity contribution in [3.63, 3.8) is 0 Å². The Morgan fingerprint density at radius 1 is 1.21 bits per heavy atom. The Balaban J connectivity index is 0.00000300. The third kappa shape index (κ3) is 6.44. The quantitative estimate of drug-likeness (QED) is 0.273. The van der Waals surface area contributed by atoms with Crippen LogP contribution in [0.15, 0.2) is 47.6 Å². The van der Waals surface area contributed by atoms with Crippen molar-refractivity contribution in [2.45, 2.75) is 18.5 Å². The maximum Gasteiger partial charge on any atom is 0.433 e. The molecule has 1 aliphatic rings. The van der Waals surface area contributed by atoms with Crippen molar-refractivity contribution >= 4 is 35.9 Å². The molecule has 1 saturated heterocycles. The van der Waals surface area contributed by atoms with Crippen molar-refractivity contribution < 1.29 is 13.2 Å². The SMILES string of the molecule is CN=C(NCCNc1nccc(C(F)(F)F)n1)N1CCC(c2ccccc2)C1.I. The van der Waals surface area contributed by atoms with Gasteiger partial charge in [-0.3, -0.25) is 4.99 Å². The van der Waals surface area contributed by atoms with E-state index in [4.69, 9.17) is 0 Å². The lowest BCUT2D eigenvalue weighted by Crippen LogP contribution is -2.41. The highest BCUT2D eigenvalue weighted by atomic mass is 127. The molecule has 0 spiro atoms. The lowest BCUT2D eigenvalue weighted by molar-refractivity contribution is -0.141. The third-order valence-corrected chi connectivity index (χ3v) is 4.61. The lowest BCUT2D eigenvalue weighted by atomic mass is 9.99. The summed E-state index contributed by atoms with van der Waals surface area (Å²) in [4.78, 5) is 13.8. The van der Waals surface area contributed by atoms with Crippen LogP contribution in [-0.2, 0) is 6.18 Å². The molecule has 0 aliphatic carbocycles. The maximum atomic E-state index is 12.7. The molecule has 0 saturated carbocycles. The van der Waals surface area contributed by atoms with Gasteiger partial charge in [0.15, 0.2) is 5.96 Å². The Hall–Kier alpha value is -2.11. The largest absolute Gasteiger partial charge is 0.433 e. The van der Waals surface area contributed by atoms with Crippen LogP contribution in [-0.4, -0.2) is 54.1 Å². The van der Waals surface area contributed by atoms with Crippen molar-refractivity contribution in [1.29, 1.82) is 0 Å². The minimum absolute atomic E-state index is 0. The van der Waals surface area contributed by atoms with Crippen LogP contribution in [0.4, 0.5) is 19.1 Å². The van der Waals surface area contributed by atoms with Gasteiger partial charge in [0.25, 0.3) is 0 Å². The summed E-state index contributed by atoms with van der Waals surface area (Å²) in [6, 6.07) is 11.2. The summed E-state index contributed by atoms with van der Waals surface area (Å²) < 4.78 is 38.0. The summed E-state index contributed by atoms with van der Waals surface area (Å²) in [6.45, 7) is 2.65. The van der Waals surface area contributed by atoms with E-state index in [1.165, 1.54) is 5.56 Å². The number of hydrogen-bond acceptors (Lipinski definition) is 4. The predicted octanol–water partition coefficient (Wildman–Crippen LogP) is 3.59. The molecule has 2 N–H and O–H groups in total. The summed E-state index contributed by atoms with van der Waals surface area (Å²) in [6.07, 6.45) is -2.33. The first kappa shape index (κ1) is 23.2. The number of aromatic nitrogens is 2. The van der Waals surface area contributed by atoms with Crippen molar-refractivity contribution in [2.75, 3.05) is 38.5 Å². The number of nitrogens with zero attached hydrogens (tertiary/aromatic N) is 4. The number of nitrogens with one attached hydrogen (secondary N) is 2. The standard InChI is InChI=1S/C19H23F3N6.HI/c1-23-18(28-12-8-15(13-28)14-5-3-2-4-6-14)26-11-10-25-17-24-9-7-16(27-17)19(20,21)22;/h2-7,9,15H,8,10-13H2,1H3,(H,23,26)(H,24,25,27);1H. The fourth-order valence-corrected chi connectivity index (χ4v) is 3.23. The number of rotatable bonds is 5. The fourth-order valence-electron chi connectivity index (χ4n) is 3.23. The van der Waals surface area contributed by atoms with Crippen molar-refractivity contribution in [3.05, 3.63) is 53.9 Å². The van der Waals surface area contributed by atoms with Gasteiger partial charge >= 0.3 is 6.18 Å². The molecule has 1 unspecified atom stereocenters. The van der Waals surface area contributed by atoms with Crippen LogP contribution in [0.1, 0.15) is 23.6 Å². The predicted molar refractivity (Wildman–Crippen MR) is 118 cm³/mol. The summed E-state index contributed by atoms with van der Waals surface area (Å²) in [5, 5.41) is 6.04. The first-order valence-corrected chi connectivity index (χ1v) is 9.12. The second-order valence-electron chi connectivity index (χ2n) is 6.51. The van der Waals surface area contributed by atoms with Crippen molar-refractivity contribution in [3.8, 4) is 0 Å². The molecule has 10 heteroatoms. The number of aliphatic imine (C=N–C) groups is 1. The zero-order valence-electron chi connectivity index (χ0n) is 16.0. The van der Waals surface area contributed by atoms with Gasteiger partial charge in [-0.25, -0.2) is 9.97 Å². The molecular formula is C19H24F3IN6. The molecule has 2 heterocycles. The van der Waals surface area contributed by atoms with E-state index < -0.39 is 11.9 Å². The zero-order chi connectivity index (χ0) is 20.0. The Labute approximate surface area is 185 Å². The molecule has 3 rings (SSSR count). The monoisotopic (exact) mass is 520 g/mol. The van der Waals surface area contributed by atoms with E-state index in [9.17, 15) is 13.2 Å². The highest BCUT2D eigenvalue weighted by molar-refractivity contribution is 14.0. The molecule has 2 aromatic rings. The minimum Gasteiger partial charge on any atom is -0.354 e. The van der Waals surface area contributed by atoms with E-state index in [2.05, 4.69) is 42.6 Å². The van der Waals surface area contributed by atoms with E-state index in [0.717, 1.165) is 37.7 Å². The van der Waals surface area contributed by atoms with E-state index in [0.29, 0.717) is 19.0 Å². The smallest absolute Gasteiger partial charge is 0.354 e. The van der Waals surface area contributed by atoms with E-state index in [1.54, 1.807) is 7.05 Å². The summed E-state index contributed by atoms with van der Waals surface area (Å²) in [5.74, 6) is 1.21. The van der Waals surface area contributed by atoms with Crippen LogP contribution in [0.3, 0.4) is 0 Å². The molecule has 1 aromatic heterocycles. The minimum atomic E-state index is -4.48. The Kier molecular flexibility index (Phi) is 8.47. The Morgan fingerprint density at radius 2 is 1.97 bits per heavy atom. The first-order chi connectivity index (χ1) is 13.5. The van der Waals surface area contributed by atoms with Crippen molar-refractivity contribution in [2.24, 2.45) is 4.99 Å². The first-order valence-electron chi connectivity index (χ1n) is 9.12. The van der Waals surface area contributed by atoms with Gasteiger partial charge in [-0.1, -0.05) is 30.3 Å². The highest BCUT2D eigenvalue weighted by Gasteiger charge is 2.32. The summed E-state index contributed by atoms with van der Waals surface area (Å²) in [7, 11) is 1.72. The average Bonchev–Trinajstić information content (AvgIpc) is 3.18. The molecule has 1 fully saturated rings. The number of alkyl halides is 3. The summed E-state index contributed by atoms with van der Waals surface area (Å²) in [5.41, 5.74) is 0.363. The van der Waals surface area contributed by atoms with Gasteiger partial charge < -0.3 is 15.5 Å². The number of anilines is 1. The average molecular weight is 520 g/mol. The van der Waals surface area contributed by atoms with E-state index >= 15 is 0 Å². The van der Waals surface area contributed by atoms with Crippen molar-refractivity contribution in [1.82, 2.24) is 20.2 Å². The van der Waals surface area contributed by atoms with Crippen LogP contribution in [0.5, 0.6) is 0 Å². The molecule has 0 radical (unpaired) electrons. The van der Waals surface area contributed by atoms with Crippen LogP contribution in [0, 0.1) is 0 Å². The van der Waals surface area contributed by atoms with Crippen LogP contribution >= 0.6 is 24.0 Å². The molecule has 158 valence electrons. The molecule has 0 bridgehead atoms. The lowest BCUT2D eigenvalue weighted by Gasteiger charge is -2.22. The molecule has 29 heavy (non-hydrogen) atoms. The molecular weight excluding hydrogens is 496 g/mol. The Bertz CT molecular complexity index is 800. The van der Waals surface area contributed by atoms with Gasteiger partial charge in [0.05, 0.1) is 0 Å². The van der Waals surface area contributed by atoms with Gasteiger partial charge in [0, 0.05) is 45.3 Å². The Morgan fingerprint density at radius 3 is 2.66 bits per heavy atom. The van der Waals surface area contributed by atoms with Gasteiger partial charge in [0.1, 0.15) is 5.69 Å². The highest BCUT2D eigenvalue weighted by Crippen LogP contribution is 2.28. The number of hydrogen-bond donors (Lipinski definition) is 2. The topological polar surface area (TPSA) is 65.4 Å². The fraction of sp³-hybridized carbons (Fsp3) is 0.421. The van der Waals surface area contributed by atoms with Crippen LogP contribution in [0.2, 0.25) is 0 Å². The number of likely N-dealkylation sites (tertiary alicyclic amines) is 1. The third-order valence-electron chi connectivity index (χ3n) is 4.61. The second kappa shape index (κ2) is 10.6. The number of benzene rings is 1. The number of guanidine groups is 1.